The largest absolute Gasteiger partial charge is 0.433 e. The number of rotatable bonds is 5. The third-order valence-electron chi connectivity index (χ3n) is 4.96. The number of anilines is 2. The van der Waals surface area contributed by atoms with Crippen LogP contribution in [0.4, 0.5) is 24.5 Å². The molecule has 4 aromatic rings. The molecule has 2 aromatic heterocycles. The summed E-state index contributed by atoms with van der Waals surface area (Å²) in [6, 6.07) is 13.4. The second kappa shape index (κ2) is 8.58. The quantitative estimate of drug-likeness (QED) is 0.382. The number of carbonyl (C=O) groups is 1. The van der Waals surface area contributed by atoms with Gasteiger partial charge in [0.05, 0.1) is 23.2 Å². The second-order valence-electron chi connectivity index (χ2n) is 7.67. The lowest BCUT2D eigenvalue weighted by molar-refractivity contribution is -0.140. The summed E-state index contributed by atoms with van der Waals surface area (Å²) < 4.78 is 67.1. The van der Waals surface area contributed by atoms with Gasteiger partial charge in [0.2, 0.25) is 10.0 Å². The van der Waals surface area contributed by atoms with Gasteiger partial charge in [0, 0.05) is 5.69 Å². The van der Waals surface area contributed by atoms with Crippen LogP contribution in [0.5, 0.6) is 0 Å². The number of carbonyl (C=O) groups excluding carboxylic acids is 1. The standard InChI is InChI=1S/C22H18F3N5O4S/c1-12-16(20(31)27-14-9-6-10-15(11-14)29-35(2,33)34)21(32)30-19(26-12)17(13-7-4-3-5-8-13)18(28-30)22(23,24)25/h3-11,28-29H,1-2H3,(H,27,31). The lowest BCUT2D eigenvalue weighted by Crippen LogP contribution is -2.29. The number of hydrogen-bond donors (Lipinski definition) is 3. The first-order valence-electron chi connectivity index (χ1n) is 10.0. The SMILES string of the molecule is Cc1nc2c(-c3ccccc3)c(C(F)(F)F)[nH]n2c(=O)c1C(=O)Nc1cccc(NS(C)(=O)=O)c1. The molecular weight excluding hydrogens is 487 g/mol. The van der Waals surface area contributed by atoms with Gasteiger partial charge in [-0.15, -0.1) is 0 Å². The predicted octanol–water partition coefficient (Wildman–Crippen LogP) is 3.64. The molecule has 0 radical (unpaired) electrons. The first kappa shape index (κ1) is 24.0. The molecule has 2 heterocycles. The van der Waals surface area contributed by atoms with Crippen molar-refractivity contribution in [2.45, 2.75) is 13.1 Å². The zero-order valence-corrected chi connectivity index (χ0v) is 19.1. The maximum atomic E-state index is 13.8. The van der Waals surface area contributed by atoms with Gasteiger partial charge in [-0.3, -0.25) is 19.4 Å². The number of benzene rings is 2. The number of halogens is 3. The normalized spacial score (nSPS) is 12.0. The molecule has 0 aliphatic carbocycles. The van der Waals surface area contributed by atoms with E-state index in [1.54, 1.807) is 18.2 Å². The molecule has 4 rings (SSSR count). The van der Waals surface area contributed by atoms with Gasteiger partial charge in [-0.1, -0.05) is 36.4 Å². The minimum Gasteiger partial charge on any atom is -0.322 e. The summed E-state index contributed by atoms with van der Waals surface area (Å²) >= 11 is 0. The highest BCUT2D eigenvalue weighted by Crippen LogP contribution is 2.38. The number of aromatic nitrogens is 3. The van der Waals surface area contributed by atoms with Crippen LogP contribution in [0.3, 0.4) is 0 Å². The van der Waals surface area contributed by atoms with E-state index in [4.69, 9.17) is 0 Å². The third-order valence-corrected chi connectivity index (χ3v) is 5.56. The minimum atomic E-state index is -4.82. The smallest absolute Gasteiger partial charge is 0.322 e. The molecule has 0 bridgehead atoms. The lowest BCUT2D eigenvalue weighted by Gasteiger charge is -2.10. The maximum Gasteiger partial charge on any atom is 0.433 e. The number of nitrogens with one attached hydrogen (secondary N) is 3. The average molecular weight is 505 g/mol. The van der Waals surface area contributed by atoms with E-state index in [1.165, 1.54) is 43.3 Å². The molecule has 0 saturated carbocycles. The fraction of sp³-hybridized carbons (Fsp3) is 0.136. The number of nitrogens with zero attached hydrogens (tertiary/aromatic N) is 2. The van der Waals surface area contributed by atoms with Gasteiger partial charge in [-0.2, -0.15) is 17.7 Å². The van der Waals surface area contributed by atoms with Crippen LogP contribution in [0.15, 0.2) is 59.4 Å². The molecule has 13 heteroatoms. The van der Waals surface area contributed by atoms with E-state index in [0.717, 1.165) is 6.26 Å². The van der Waals surface area contributed by atoms with Gasteiger partial charge in [-0.05, 0) is 30.7 Å². The zero-order valence-electron chi connectivity index (χ0n) is 18.3. The van der Waals surface area contributed by atoms with Crippen LogP contribution in [0, 0.1) is 6.92 Å². The van der Waals surface area contributed by atoms with Gasteiger partial charge in [0.1, 0.15) is 11.3 Å². The number of sulfonamides is 1. The number of alkyl halides is 3. The monoisotopic (exact) mass is 505 g/mol. The minimum absolute atomic E-state index is 0.0807. The van der Waals surface area contributed by atoms with Crippen LogP contribution in [0.1, 0.15) is 21.7 Å². The number of H-pyrrole nitrogens is 1. The van der Waals surface area contributed by atoms with Crippen LogP contribution in [0.2, 0.25) is 0 Å². The fourth-order valence-corrected chi connectivity index (χ4v) is 4.15. The van der Waals surface area contributed by atoms with Crippen LogP contribution in [0.25, 0.3) is 16.8 Å². The molecule has 0 unspecified atom stereocenters. The highest BCUT2D eigenvalue weighted by atomic mass is 32.2. The van der Waals surface area contributed by atoms with Gasteiger partial charge >= 0.3 is 6.18 Å². The molecule has 0 fully saturated rings. The van der Waals surface area contributed by atoms with Crippen molar-refractivity contribution in [3.8, 4) is 11.1 Å². The summed E-state index contributed by atoms with van der Waals surface area (Å²) in [6.07, 6.45) is -3.87. The highest BCUT2D eigenvalue weighted by molar-refractivity contribution is 7.92. The van der Waals surface area contributed by atoms with E-state index < -0.39 is 38.9 Å². The summed E-state index contributed by atoms with van der Waals surface area (Å²) in [7, 11) is -3.57. The summed E-state index contributed by atoms with van der Waals surface area (Å²) in [5.74, 6) is -0.921. The average Bonchev–Trinajstić information content (AvgIpc) is 3.13. The van der Waals surface area contributed by atoms with E-state index in [0.29, 0.717) is 4.52 Å². The number of fused-ring (bicyclic) bond motifs is 1. The molecule has 3 N–H and O–H groups in total. The summed E-state index contributed by atoms with van der Waals surface area (Å²) in [6.45, 7) is 1.34. The van der Waals surface area contributed by atoms with Crippen molar-refractivity contribution in [1.29, 1.82) is 0 Å². The Labute approximate surface area is 196 Å². The predicted molar refractivity (Wildman–Crippen MR) is 124 cm³/mol. The Morgan fingerprint density at radius 1 is 1.06 bits per heavy atom. The molecule has 0 aliphatic heterocycles. The van der Waals surface area contributed by atoms with Crippen molar-refractivity contribution in [3.63, 3.8) is 0 Å². The topological polar surface area (TPSA) is 125 Å². The Kier molecular flexibility index (Phi) is 5.88. The van der Waals surface area contributed by atoms with Gasteiger partial charge < -0.3 is 5.32 Å². The van der Waals surface area contributed by atoms with Crippen molar-refractivity contribution in [2.75, 3.05) is 16.3 Å². The molecule has 0 spiro atoms. The number of aromatic amines is 1. The van der Waals surface area contributed by atoms with E-state index in [-0.39, 0.29) is 33.8 Å². The van der Waals surface area contributed by atoms with Gasteiger partial charge in [0.25, 0.3) is 11.5 Å². The van der Waals surface area contributed by atoms with E-state index >= 15 is 0 Å². The van der Waals surface area contributed by atoms with E-state index in [2.05, 4.69) is 20.1 Å². The van der Waals surface area contributed by atoms with Crippen molar-refractivity contribution in [3.05, 3.63) is 81.9 Å². The Morgan fingerprint density at radius 3 is 2.34 bits per heavy atom. The fourth-order valence-electron chi connectivity index (χ4n) is 3.59. The van der Waals surface area contributed by atoms with Crippen LogP contribution in [-0.2, 0) is 16.2 Å². The summed E-state index contributed by atoms with van der Waals surface area (Å²) in [5.41, 5.74) is -2.84. The molecular formula is C22H18F3N5O4S. The molecule has 0 atom stereocenters. The van der Waals surface area contributed by atoms with Crippen LogP contribution in [-0.4, -0.2) is 35.2 Å². The molecule has 1 amide bonds. The van der Waals surface area contributed by atoms with Gasteiger partial charge in [-0.25, -0.2) is 13.4 Å². The lowest BCUT2D eigenvalue weighted by atomic mass is 10.1. The Hall–Kier alpha value is -4.13. The first-order valence-corrected chi connectivity index (χ1v) is 11.9. The zero-order chi connectivity index (χ0) is 25.5. The Balaban J connectivity index is 1.81. The highest BCUT2D eigenvalue weighted by Gasteiger charge is 2.38. The van der Waals surface area contributed by atoms with E-state index in [1.807, 2.05) is 0 Å². The van der Waals surface area contributed by atoms with Crippen molar-refractivity contribution in [1.82, 2.24) is 14.6 Å². The Morgan fingerprint density at radius 2 is 1.71 bits per heavy atom. The summed E-state index contributed by atoms with van der Waals surface area (Å²) in [4.78, 5) is 30.2. The third kappa shape index (κ3) is 4.89. The first-order chi connectivity index (χ1) is 16.3. The van der Waals surface area contributed by atoms with Crippen molar-refractivity contribution < 1.29 is 26.4 Å². The van der Waals surface area contributed by atoms with Crippen molar-refractivity contribution >= 4 is 33.0 Å². The second-order valence-corrected chi connectivity index (χ2v) is 9.42. The molecule has 2 aromatic carbocycles. The Bertz CT molecular complexity index is 1610. The van der Waals surface area contributed by atoms with Crippen molar-refractivity contribution in [2.24, 2.45) is 0 Å². The van der Waals surface area contributed by atoms with E-state index in [9.17, 15) is 31.2 Å². The molecule has 0 saturated heterocycles. The molecule has 0 aliphatic rings. The number of hydrogen-bond acceptors (Lipinski definition) is 5. The maximum absolute atomic E-state index is 13.8. The van der Waals surface area contributed by atoms with Crippen LogP contribution >= 0.6 is 0 Å². The molecule has 182 valence electrons. The molecule has 9 nitrogen and oxygen atoms in total. The molecule has 35 heavy (non-hydrogen) atoms. The number of amides is 1. The number of aryl methyl sites for hydroxylation is 1. The van der Waals surface area contributed by atoms with Crippen LogP contribution < -0.4 is 15.6 Å². The summed E-state index contributed by atoms with van der Waals surface area (Å²) in [5, 5.41) is 4.50. The van der Waals surface area contributed by atoms with Gasteiger partial charge in [0.15, 0.2) is 5.65 Å².